The van der Waals surface area contributed by atoms with Gasteiger partial charge in [-0.3, -0.25) is 10.1 Å². The van der Waals surface area contributed by atoms with E-state index < -0.39 is 4.92 Å². The summed E-state index contributed by atoms with van der Waals surface area (Å²) in [5.74, 6) is 1.05. The first kappa shape index (κ1) is 18.3. The van der Waals surface area contributed by atoms with Gasteiger partial charge in [-0.05, 0) is 37.3 Å². The number of nitrogens with zero attached hydrogens (tertiary/aromatic N) is 4. The summed E-state index contributed by atoms with van der Waals surface area (Å²) >= 11 is 6.09. The van der Waals surface area contributed by atoms with Crippen molar-refractivity contribution in [3.8, 4) is 17.1 Å². The minimum atomic E-state index is -0.475. The normalized spacial score (nSPS) is 10.4. The van der Waals surface area contributed by atoms with Gasteiger partial charge in [0.05, 0.1) is 17.1 Å². The Bertz CT molecular complexity index is 981. The fourth-order valence-electron chi connectivity index (χ4n) is 2.32. The summed E-state index contributed by atoms with van der Waals surface area (Å²) in [6.07, 6.45) is 0. The maximum Gasteiger partial charge on any atom is 0.269 e. The first-order valence-electron chi connectivity index (χ1n) is 7.92. The zero-order valence-electron chi connectivity index (χ0n) is 14.2. The number of nitro benzene ring substituents is 1. The number of nitrogen functional groups attached to an aromatic ring is 1. The summed E-state index contributed by atoms with van der Waals surface area (Å²) in [5.41, 5.74) is 6.93. The summed E-state index contributed by atoms with van der Waals surface area (Å²) in [6.45, 7) is 2.32. The lowest BCUT2D eigenvalue weighted by molar-refractivity contribution is -0.384. The van der Waals surface area contributed by atoms with Crippen LogP contribution in [0.1, 0.15) is 6.92 Å². The van der Waals surface area contributed by atoms with E-state index in [9.17, 15) is 10.1 Å². The number of halogens is 1. The van der Waals surface area contributed by atoms with Crippen LogP contribution in [0, 0.1) is 10.1 Å². The Kier molecular flexibility index (Phi) is 5.32. The second-order valence-corrected chi connectivity index (χ2v) is 5.78. The summed E-state index contributed by atoms with van der Waals surface area (Å²) in [5, 5.41) is 14.2. The highest BCUT2D eigenvalue weighted by molar-refractivity contribution is 6.30. The number of aromatic nitrogens is 3. The minimum absolute atomic E-state index is 0.00633. The highest BCUT2D eigenvalue weighted by atomic mass is 35.5. The number of nitrogens with one attached hydrogen (secondary N) is 1. The van der Waals surface area contributed by atoms with Crippen molar-refractivity contribution in [1.82, 2.24) is 15.0 Å². The van der Waals surface area contributed by atoms with E-state index in [0.717, 1.165) is 0 Å². The van der Waals surface area contributed by atoms with Crippen LogP contribution in [0.15, 0.2) is 42.5 Å². The monoisotopic (exact) mass is 386 g/mol. The lowest BCUT2D eigenvalue weighted by atomic mass is 10.2. The predicted octanol–water partition coefficient (Wildman–Crippen LogP) is 3.82. The van der Waals surface area contributed by atoms with Crippen LogP contribution in [0.5, 0.6) is 5.75 Å². The molecule has 2 aromatic carbocycles. The van der Waals surface area contributed by atoms with Gasteiger partial charge in [-0.2, -0.15) is 15.0 Å². The number of ether oxygens (including phenoxy) is 1. The molecule has 1 heterocycles. The van der Waals surface area contributed by atoms with E-state index in [0.29, 0.717) is 28.6 Å². The molecular formula is C17H15ClN6O3. The molecule has 0 aliphatic rings. The second kappa shape index (κ2) is 7.83. The van der Waals surface area contributed by atoms with Crippen molar-refractivity contribution in [2.45, 2.75) is 6.92 Å². The fourth-order valence-corrected chi connectivity index (χ4v) is 2.49. The van der Waals surface area contributed by atoms with Gasteiger partial charge in [0.2, 0.25) is 11.9 Å². The number of non-ortho nitro benzene ring substituents is 1. The quantitative estimate of drug-likeness (QED) is 0.483. The summed E-state index contributed by atoms with van der Waals surface area (Å²) in [7, 11) is 0. The maximum atomic E-state index is 10.7. The van der Waals surface area contributed by atoms with Crippen LogP contribution in [0.4, 0.5) is 23.3 Å². The number of benzene rings is 2. The number of hydrogen-bond acceptors (Lipinski definition) is 8. The lowest BCUT2D eigenvalue weighted by Crippen LogP contribution is -2.06. The third-order valence-electron chi connectivity index (χ3n) is 3.47. The Balaban J connectivity index is 1.95. The van der Waals surface area contributed by atoms with Crippen molar-refractivity contribution in [3.05, 3.63) is 57.6 Å². The summed E-state index contributed by atoms with van der Waals surface area (Å²) < 4.78 is 5.60. The topological polar surface area (TPSA) is 129 Å². The number of nitrogens with two attached hydrogens (primary N) is 1. The van der Waals surface area contributed by atoms with E-state index in [4.69, 9.17) is 22.1 Å². The van der Waals surface area contributed by atoms with Gasteiger partial charge >= 0.3 is 0 Å². The van der Waals surface area contributed by atoms with Crippen LogP contribution >= 0.6 is 11.6 Å². The van der Waals surface area contributed by atoms with Gasteiger partial charge in [-0.1, -0.05) is 11.6 Å². The summed E-state index contributed by atoms with van der Waals surface area (Å²) in [4.78, 5) is 22.8. The molecule has 0 radical (unpaired) electrons. The van der Waals surface area contributed by atoms with Crippen LogP contribution in [0.2, 0.25) is 5.02 Å². The number of rotatable bonds is 6. The Morgan fingerprint density at radius 2 is 1.93 bits per heavy atom. The van der Waals surface area contributed by atoms with Gasteiger partial charge < -0.3 is 15.8 Å². The molecule has 3 rings (SSSR count). The van der Waals surface area contributed by atoms with Crippen molar-refractivity contribution in [1.29, 1.82) is 0 Å². The molecule has 0 saturated carbocycles. The Labute approximate surface area is 159 Å². The SMILES string of the molecule is CCOc1ccc(Cl)cc1-c1nc(N)nc(Nc2ccc([N+](=O)[O-])cc2)n1. The van der Waals surface area contributed by atoms with Crippen LogP contribution in [-0.4, -0.2) is 26.5 Å². The van der Waals surface area contributed by atoms with Crippen LogP contribution in [0.3, 0.4) is 0 Å². The first-order chi connectivity index (χ1) is 13.0. The van der Waals surface area contributed by atoms with Gasteiger partial charge in [0, 0.05) is 22.8 Å². The fraction of sp³-hybridized carbons (Fsp3) is 0.118. The third kappa shape index (κ3) is 4.39. The highest BCUT2D eigenvalue weighted by Crippen LogP contribution is 2.31. The largest absolute Gasteiger partial charge is 0.493 e. The molecule has 138 valence electrons. The van der Waals surface area contributed by atoms with Gasteiger partial charge in [-0.15, -0.1) is 0 Å². The molecule has 0 atom stereocenters. The Morgan fingerprint density at radius 3 is 2.59 bits per heavy atom. The first-order valence-corrected chi connectivity index (χ1v) is 8.30. The Morgan fingerprint density at radius 1 is 1.19 bits per heavy atom. The Hall–Kier alpha value is -3.46. The van der Waals surface area contributed by atoms with Gasteiger partial charge in [0.1, 0.15) is 5.75 Å². The standard InChI is InChI=1S/C17H15ClN6O3/c1-2-27-14-8-3-10(18)9-13(14)15-21-16(19)23-17(22-15)20-11-4-6-12(7-5-11)24(25)26/h3-9H,2H2,1H3,(H3,19,20,21,22,23). The van der Waals surface area contributed by atoms with Gasteiger partial charge in [0.15, 0.2) is 5.82 Å². The molecule has 0 saturated heterocycles. The average Bonchev–Trinajstić information content (AvgIpc) is 2.63. The maximum absolute atomic E-state index is 10.7. The third-order valence-corrected chi connectivity index (χ3v) is 3.70. The molecule has 27 heavy (non-hydrogen) atoms. The van der Waals surface area contributed by atoms with Crippen LogP contribution in [-0.2, 0) is 0 Å². The second-order valence-electron chi connectivity index (χ2n) is 5.34. The van der Waals surface area contributed by atoms with Crippen molar-refractivity contribution in [2.75, 3.05) is 17.7 Å². The van der Waals surface area contributed by atoms with Gasteiger partial charge in [-0.25, -0.2) is 0 Å². The molecule has 1 aromatic heterocycles. The van der Waals surface area contributed by atoms with Crippen LogP contribution in [0.25, 0.3) is 11.4 Å². The van der Waals surface area contributed by atoms with E-state index in [1.165, 1.54) is 12.1 Å². The van der Waals surface area contributed by atoms with E-state index in [1.54, 1.807) is 30.3 Å². The van der Waals surface area contributed by atoms with Crippen LogP contribution < -0.4 is 15.8 Å². The molecule has 0 spiro atoms. The van der Waals surface area contributed by atoms with Crippen molar-refractivity contribution in [2.24, 2.45) is 0 Å². The molecule has 3 aromatic rings. The molecule has 0 amide bonds. The zero-order chi connectivity index (χ0) is 19.4. The molecular weight excluding hydrogens is 372 g/mol. The molecule has 0 fully saturated rings. The van der Waals surface area contributed by atoms with Gasteiger partial charge in [0.25, 0.3) is 5.69 Å². The smallest absolute Gasteiger partial charge is 0.269 e. The number of anilines is 3. The molecule has 0 aliphatic heterocycles. The minimum Gasteiger partial charge on any atom is -0.493 e. The predicted molar refractivity (Wildman–Crippen MR) is 102 cm³/mol. The van der Waals surface area contributed by atoms with E-state index >= 15 is 0 Å². The molecule has 0 aliphatic carbocycles. The molecule has 0 bridgehead atoms. The molecule has 9 nitrogen and oxygen atoms in total. The highest BCUT2D eigenvalue weighted by Gasteiger charge is 2.14. The number of hydrogen-bond donors (Lipinski definition) is 2. The number of nitro groups is 1. The van der Waals surface area contributed by atoms with E-state index in [2.05, 4.69) is 20.3 Å². The van der Waals surface area contributed by atoms with E-state index in [-0.39, 0.29) is 23.4 Å². The average molecular weight is 387 g/mol. The molecule has 3 N–H and O–H groups in total. The van der Waals surface area contributed by atoms with Crippen molar-refractivity contribution >= 4 is 34.9 Å². The zero-order valence-corrected chi connectivity index (χ0v) is 15.0. The lowest BCUT2D eigenvalue weighted by Gasteiger charge is -2.11. The van der Waals surface area contributed by atoms with Crippen molar-refractivity contribution < 1.29 is 9.66 Å². The summed E-state index contributed by atoms with van der Waals surface area (Å²) in [6, 6.07) is 10.9. The molecule has 10 heteroatoms. The van der Waals surface area contributed by atoms with E-state index in [1.807, 2.05) is 6.92 Å². The van der Waals surface area contributed by atoms with Crippen molar-refractivity contribution in [3.63, 3.8) is 0 Å². The molecule has 0 unspecified atom stereocenters.